The van der Waals surface area contributed by atoms with Crippen molar-refractivity contribution in [2.45, 2.75) is 13.1 Å². The van der Waals surface area contributed by atoms with Crippen LogP contribution < -0.4 is 16.4 Å². The number of hydrogen-bond acceptors (Lipinski definition) is 6. The van der Waals surface area contributed by atoms with Gasteiger partial charge in [-0.15, -0.1) is 11.3 Å². The number of hydrogen-bond donors (Lipinski definition) is 3. The molecule has 0 saturated carbocycles. The first-order valence-corrected chi connectivity index (χ1v) is 9.18. The number of carbonyl (C=O) groups excluding carboxylic acids is 2. The molecule has 0 aliphatic heterocycles. The fourth-order valence-electron chi connectivity index (χ4n) is 2.15. The van der Waals surface area contributed by atoms with Gasteiger partial charge in [-0.1, -0.05) is 36.4 Å². The van der Waals surface area contributed by atoms with E-state index in [1.54, 1.807) is 11.3 Å². The summed E-state index contributed by atoms with van der Waals surface area (Å²) in [6, 6.07) is 13.4. The SMILES string of the molecule is Nc1c(C(=O)NCc2ccccc2)nsc1C(=O)NCc1cccs1. The van der Waals surface area contributed by atoms with Crippen LogP contribution in [-0.4, -0.2) is 16.2 Å². The zero-order chi connectivity index (χ0) is 17.6. The van der Waals surface area contributed by atoms with Crippen molar-refractivity contribution in [2.24, 2.45) is 0 Å². The van der Waals surface area contributed by atoms with Crippen LogP contribution in [0.4, 0.5) is 5.69 Å². The van der Waals surface area contributed by atoms with E-state index in [2.05, 4.69) is 15.0 Å². The van der Waals surface area contributed by atoms with Crippen molar-refractivity contribution in [3.63, 3.8) is 0 Å². The lowest BCUT2D eigenvalue weighted by molar-refractivity contribution is 0.0946. The van der Waals surface area contributed by atoms with Gasteiger partial charge in [-0.05, 0) is 28.5 Å². The fraction of sp³-hybridized carbons (Fsp3) is 0.118. The van der Waals surface area contributed by atoms with E-state index in [-0.39, 0.29) is 22.2 Å². The van der Waals surface area contributed by atoms with Crippen LogP contribution in [0.2, 0.25) is 0 Å². The molecule has 0 fully saturated rings. The van der Waals surface area contributed by atoms with Crippen LogP contribution in [0.15, 0.2) is 47.8 Å². The topological polar surface area (TPSA) is 97.1 Å². The number of thiophene rings is 1. The van der Waals surface area contributed by atoms with Gasteiger partial charge < -0.3 is 16.4 Å². The number of aromatic nitrogens is 1. The highest BCUT2D eigenvalue weighted by Crippen LogP contribution is 2.22. The van der Waals surface area contributed by atoms with Gasteiger partial charge in [0.2, 0.25) is 0 Å². The second-order valence-corrected chi connectivity index (χ2v) is 7.01. The first kappa shape index (κ1) is 17.1. The molecular weight excluding hydrogens is 356 g/mol. The molecule has 4 N–H and O–H groups in total. The number of benzene rings is 1. The summed E-state index contributed by atoms with van der Waals surface area (Å²) in [5.41, 5.74) is 7.12. The van der Waals surface area contributed by atoms with E-state index in [4.69, 9.17) is 5.73 Å². The number of rotatable bonds is 6. The van der Waals surface area contributed by atoms with Crippen molar-refractivity contribution < 1.29 is 9.59 Å². The minimum atomic E-state index is -0.394. The molecule has 25 heavy (non-hydrogen) atoms. The van der Waals surface area contributed by atoms with Crippen molar-refractivity contribution in [1.29, 1.82) is 0 Å². The number of carbonyl (C=O) groups is 2. The van der Waals surface area contributed by atoms with Gasteiger partial charge >= 0.3 is 0 Å². The summed E-state index contributed by atoms with van der Waals surface area (Å²) in [6.45, 7) is 0.792. The number of anilines is 1. The molecule has 0 unspecified atom stereocenters. The molecule has 2 amide bonds. The number of nitrogen functional groups attached to an aromatic ring is 1. The summed E-state index contributed by atoms with van der Waals surface area (Å²) in [5.74, 6) is -0.722. The molecule has 0 saturated heterocycles. The maximum atomic E-state index is 12.2. The summed E-state index contributed by atoms with van der Waals surface area (Å²) in [4.78, 5) is 25.8. The van der Waals surface area contributed by atoms with Crippen LogP contribution in [0, 0.1) is 0 Å². The molecular formula is C17H16N4O2S2. The van der Waals surface area contributed by atoms with Gasteiger partial charge in [-0.3, -0.25) is 9.59 Å². The Morgan fingerprint density at radius 2 is 1.76 bits per heavy atom. The molecule has 3 rings (SSSR count). The van der Waals surface area contributed by atoms with Crippen LogP contribution in [0.3, 0.4) is 0 Å². The van der Waals surface area contributed by atoms with Crippen molar-refractivity contribution in [2.75, 3.05) is 5.73 Å². The number of nitrogens with zero attached hydrogens (tertiary/aromatic N) is 1. The highest BCUT2D eigenvalue weighted by Gasteiger charge is 2.21. The van der Waals surface area contributed by atoms with Gasteiger partial charge in [0, 0.05) is 11.4 Å². The van der Waals surface area contributed by atoms with E-state index in [1.165, 1.54) is 0 Å². The van der Waals surface area contributed by atoms with E-state index in [1.807, 2.05) is 47.8 Å². The molecule has 8 heteroatoms. The second kappa shape index (κ2) is 7.91. The molecule has 2 heterocycles. The third-order valence-corrected chi connectivity index (χ3v) is 5.19. The molecule has 0 spiro atoms. The monoisotopic (exact) mass is 372 g/mol. The van der Waals surface area contributed by atoms with E-state index < -0.39 is 5.91 Å². The Bertz CT molecular complexity index is 860. The van der Waals surface area contributed by atoms with Crippen molar-refractivity contribution in [3.8, 4) is 0 Å². The quantitative estimate of drug-likeness (QED) is 0.620. The maximum Gasteiger partial charge on any atom is 0.273 e. The Labute approximate surface area is 152 Å². The lowest BCUT2D eigenvalue weighted by Crippen LogP contribution is -2.25. The minimum absolute atomic E-state index is 0.0854. The highest BCUT2D eigenvalue weighted by molar-refractivity contribution is 7.10. The summed E-state index contributed by atoms with van der Waals surface area (Å²) in [6.07, 6.45) is 0. The second-order valence-electron chi connectivity index (χ2n) is 5.20. The number of nitrogens with two attached hydrogens (primary N) is 1. The van der Waals surface area contributed by atoms with Crippen LogP contribution in [0.25, 0.3) is 0 Å². The van der Waals surface area contributed by atoms with E-state index in [0.29, 0.717) is 13.1 Å². The summed E-state index contributed by atoms with van der Waals surface area (Å²) in [5, 5.41) is 7.48. The molecule has 0 bridgehead atoms. The first-order valence-electron chi connectivity index (χ1n) is 7.53. The third-order valence-electron chi connectivity index (χ3n) is 3.45. The molecule has 0 radical (unpaired) electrons. The average Bonchev–Trinajstić information content (AvgIpc) is 3.28. The van der Waals surface area contributed by atoms with Crippen LogP contribution in [0.5, 0.6) is 0 Å². The Kier molecular flexibility index (Phi) is 5.42. The lowest BCUT2D eigenvalue weighted by atomic mass is 10.2. The number of nitrogens with one attached hydrogen (secondary N) is 2. The Morgan fingerprint density at radius 3 is 2.48 bits per heavy atom. The Morgan fingerprint density at radius 1 is 1.00 bits per heavy atom. The highest BCUT2D eigenvalue weighted by atomic mass is 32.1. The first-order chi connectivity index (χ1) is 12.1. The van der Waals surface area contributed by atoms with E-state index in [0.717, 1.165) is 22.0 Å². The molecule has 0 atom stereocenters. The third kappa shape index (κ3) is 4.23. The molecule has 128 valence electrons. The molecule has 3 aromatic rings. The summed E-state index contributed by atoms with van der Waals surface area (Å²) in [7, 11) is 0. The standard InChI is InChI=1S/C17H16N4O2S2/c18-13-14(16(22)19-9-11-5-2-1-3-6-11)21-25-15(13)17(23)20-10-12-7-4-8-24-12/h1-8H,9-10,18H2,(H,19,22)(H,20,23). The van der Waals surface area contributed by atoms with E-state index in [9.17, 15) is 9.59 Å². The molecule has 0 aliphatic rings. The largest absolute Gasteiger partial charge is 0.395 e. The predicted molar refractivity (Wildman–Crippen MR) is 99.6 cm³/mol. The number of amides is 2. The smallest absolute Gasteiger partial charge is 0.273 e. The normalized spacial score (nSPS) is 10.4. The van der Waals surface area contributed by atoms with Gasteiger partial charge in [0.05, 0.1) is 12.2 Å². The van der Waals surface area contributed by atoms with Gasteiger partial charge in [-0.25, -0.2) is 0 Å². The maximum absolute atomic E-state index is 12.2. The molecule has 6 nitrogen and oxygen atoms in total. The predicted octanol–water partition coefficient (Wildman–Crippen LogP) is 2.65. The minimum Gasteiger partial charge on any atom is -0.395 e. The summed E-state index contributed by atoms with van der Waals surface area (Å²) < 4.78 is 4.04. The van der Waals surface area contributed by atoms with Gasteiger partial charge in [0.1, 0.15) is 4.88 Å². The molecule has 2 aromatic heterocycles. The lowest BCUT2D eigenvalue weighted by Gasteiger charge is -2.05. The van der Waals surface area contributed by atoms with Crippen LogP contribution in [0.1, 0.15) is 30.6 Å². The zero-order valence-corrected chi connectivity index (χ0v) is 14.8. The van der Waals surface area contributed by atoms with Gasteiger partial charge in [0.15, 0.2) is 5.69 Å². The van der Waals surface area contributed by atoms with Gasteiger partial charge in [-0.2, -0.15) is 4.37 Å². The Hall–Kier alpha value is -2.71. The fourth-order valence-corrected chi connectivity index (χ4v) is 3.51. The molecule has 1 aromatic carbocycles. The van der Waals surface area contributed by atoms with Gasteiger partial charge in [0.25, 0.3) is 11.8 Å². The Balaban J connectivity index is 1.61. The average molecular weight is 372 g/mol. The van der Waals surface area contributed by atoms with Crippen molar-refractivity contribution in [3.05, 3.63) is 68.9 Å². The zero-order valence-electron chi connectivity index (χ0n) is 13.2. The van der Waals surface area contributed by atoms with Crippen LogP contribution in [-0.2, 0) is 13.1 Å². The van der Waals surface area contributed by atoms with Crippen LogP contribution >= 0.6 is 22.9 Å². The van der Waals surface area contributed by atoms with Crippen molar-refractivity contribution >= 4 is 40.4 Å². The van der Waals surface area contributed by atoms with Crippen molar-refractivity contribution in [1.82, 2.24) is 15.0 Å². The summed E-state index contributed by atoms with van der Waals surface area (Å²) >= 11 is 2.48. The van der Waals surface area contributed by atoms with E-state index >= 15 is 0 Å². The molecule has 0 aliphatic carbocycles.